The number of hydrogen-bond acceptors (Lipinski definition) is 2. The van der Waals surface area contributed by atoms with Gasteiger partial charge in [0.15, 0.2) is 5.78 Å². The number of hydrogen-bond donors (Lipinski definition) is 0. The fourth-order valence-corrected chi connectivity index (χ4v) is 3.02. The lowest BCUT2D eigenvalue weighted by molar-refractivity contribution is 0.101. The van der Waals surface area contributed by atoms with E-state index in [1.807, 2.05) is 12.1 Å². The van der Waals surface area contributed by atoms with Crippen LogP contribution in [0.15, 0.2) is 30.3 Å². The molecule has 1 heterocycles. The fourth-order valence-electron chi connectivity index (χ4n) is 3.02. The summed E-state index contributed by atoms with van der Waals surface area (Å²) < 4.78 is 0. The van der Waals surface area contributed by atoms with E-state index in [4.69, 9.17) is 0 Å². The summed E-state index contributed by atoms with van der Waals surface area (Å²) in [4.78, 5) is 16.4. The van der Waals surface area contributed by atoms with Crippen molar-refractivity contribution in [2.75, 3.05) is 0 Å². The van der Waals surface area contributed by atoms with Crippen LogP contribution in [-0.2, 0) is 0 Å². The number of nitrogens with zero attached hydrogens (tertiary/aromatic N) is 1. The minimum atomic E-state index is 0.00726. The Morgan fingerprint density at radius 2 is 1.42 bits per heavy atom. The van der Waals surface area contributed by atoms with Gasteiger partial charge in [-0.3, -0.25) is 4.79 Å². The van der Waals surface area contributed by atoms with Crippen LogP contribution in [0.2, 0.25) is 0 Å². The predicted molar refractivity (Wildman–Crippen MR) is 102 cm³/mol. The molecule has 128 valence electrons. The van der Waals surface area contributed by atoms with Crippen LogP contribution in [0.25, 0.3) is 11.3 Å². The van der Waals surface area contributed by atoms with Gasteiger partial charge in [0, 0.05) is 12.5 Å². The van der Waals surface area contributed by atoms with Crippen LogP contribution < -0.4 is 0 Å². The minimum Gasteiger partial charge on any atom is -0.293 e. The Labute approximate surface area is 146 Å². The average molecular weight is 323 g/mol. The number of ketones is 1. The van der Waals surface area contributed by atoms with Crippen molar-refractivity contribution >= 4 is 5.78 Å². The number of rotatable bonds is 5. The summed E-state index contributed by atoms with van der Waals surface area (Å²) in [5.41, 5.74) is 6.65. The van der Waals surface area contributed by atoms with Crippen LogP contribution in [0.4, 0.5) is 0 Å². The van der Waals surface area contributed by atoms with Crippen molar-refractivity contribution in [1.29, 1.82) is 0 Å². The van der Waals surface area contributed by atoms with Crippen LogP contribution >= 0.6 is 0 Å². The highest BCUT2D eigenvalue weighted by atomic mass is 16.1. The molecular formula is C22H29NO. The maximum Gasteiger partial charge on any atom is 0.178 e. The van der Waals surface area contributed by atoms with Gasteiger partial charge in [0.2, 0.25) is 0 Å². The molecule has 1 aromatic heterocycles. The van der Waals surface area contributed by atoms with E-state index in [0.717, 1.165) is 5.69 Å². The second kappa shape index (κ2) is 7.29. The molecule has 0 saturated heterocycles. The third-order valence-electron chi connectivity index (χ3n) is 4.50. The lowest BCUT2D eigenvalue weighted by atomic mass is 9.83. The van der Waals surface area contributed by atoms with Gasteiger partial charge in [0.25, 0.3) is 0 Å². The van der Waals surface area contributed by atoms with Gasteiger partial charge in [0.05, 0.1) is 5.69 Å². The van der Waals surface area contributed by atoms with Crippen molar-refractivity contribution in [2.24, 2.45) is 0 Å². The predicted octanol–water partition coefficient (Wildman–Crippen LogP) is 6.32. The van der Waals surface area contributed by atoms with Crippen molar-refractivity contribution in [1.82, 2.24) is 4.98 Å². The number of aromatic nitrogens is 1. The first-order valence-corrected chi connectivity index (χ1v) is 8.88. The van der Waals surface area contributed by atoms with E-state index in [-0.39, 0.29) is 5.78 Å². The summed E-state index contributed by atoms with van der Waals surface area (Å²) in [5, 5.41) is 0. The van der Waals surface area contributed by atoms with Crippen LogP contribution in [0.1, 0.15) is 93.4 Å². The summed E-state index contributed by atoms with van der Waals surface area (Å²) in [6, 6.07) is 10.4. The third-order valence-corrected chi connectivity index (χ3v) is 4.50. The number of Topliss-reactive ketones (excluding diaryl/α,β-unsaturated/α-hetero) is 1. The van der Waals surface area contributed by atoms with Gasteiger partial charge in [-0.2, -0.15) is 0 Å². The average Bonchev–Trinajstić information content (AvgIpc) is 2.53. The third kappa shape index (κ3) is 3.75. The number of pyridine rings is 1. The topological polar surface area (TPSA) is 30.0 Å². The zero-order chi connectivity index (χ0) is 18.0. The Balaban J connectivity index is 2.80. The maximum absolute atomic E-state index is 11.7. The molecule has 0 aliphatic heterocycles. The molecule has 24 heavy (non-hydrogen) atoms. The second-order valence-electron chi connectivity index (χ2n) is 7.50. The first kappa shape index (κ1) is 18.4. The Morgan fingerprint density at radius 3 is 1.83 bits per heavy atom. The lowest BCUT2D eigenvalue weighted by Crippen LogP contribution is -2.06. The molecule has 0 spiro atoms. The molecule has 2 nitrogen and oxygen atoms in total. The van der Waals surface area contributed by atoms with E-state index in [9.17, 15) is 4.79 Å². The van der Waals surface area contributed by atoms with Gasteiger partial charge in [0.1, 0.15) is 5.69 Å². The Kier molecular flexibility index (Phi) is 5.58. The summed E-state index contributed by atoms with van der Waals surface area (Å²) in [7, 11) is 0. The molecule has 0 radical (unpaired) electrons. The van der Waals surface area contributed by atoms with E-state index in [2.05, 4.69) is 58.7 Å². The standard InChI is InChI=1S/C22H29NO/c1-13(2)17-11-18(14(3)4)22(19(12-17)15(5)6)21-10-8-9-20(23-21)16(7)24/h8-15H,1-7H3. The second-order valence-corrected chi connectivity index (χ2v) is 7.50. The minimum absolute atomic E-state index is 0.00726. The molecule has 0 aliphatic rings. The van der Waals surface area contributed by atoms with Crippen LogP contribution in [0, 0.1) is 0 Å². The monoisotopic (exact) mass is 323 g/mol. The molecule has 0 aliphatic carbocycles. The van der Waals surface area contributed by atoms with Gasteiger partial charge in [-0.1, -0.05) is 59.7 Å². The fraction of sp³-hybridized carbons (Fsp3) is 0.455. The molecule has 0 bridgehead atoms. The van der Waals surface area contributed by atoms with Crippen molar-refractivity contribution in [3.8, 4) is 11.3 Å². The first-order chi connectivity index (χ1) is 11.2. The normalized spacial score (nSPS) is 11.6. The van der Waals surface area contributed by atoms with Gasteiger partial charge in [-0.05, 0) is 46.6 Å². The molecular weight excluding hydrogens is 294 g/mol. The summed E-state index contributed by atoms with van der Waals surface area (Å²) in [6.07, 6.45) is 0. The molecule has 0 unspecified atom stereocenters. The van der Waals surface area contributed by atoms with E-state index >= 15 is 0 Å². The molecule has 0 saturated carbocycles. The smallest absolute Gasteiger partial charge is 0.178 e. The molecule has 2 rings (SSSR count). The summed E-state index contributed by atoms with van der Waals surface area (Å²) in [5.74, 6) is 1.30. The van der Waals surface area contributed by atoms with Gasteiger partial charge in [-0.25, -0.2) is 4.98 Å². The van der Waals surface area contributed by atoms with Crippen molar-refractivity contribution < 1.29 is 4.79 Å². The quantitative estimate of drug-likeness (QED) is 0.602. The van der Waals surface area contributed by atoms with Crippen molar-refractivity contribution in [3.05, 3.63) is 52.7 Å². The molecule has 0 fully saturated rings. The van der Waals surface area contributed by atoms with Crippen molar-refractivity contribution in [3.63, 3.8) is 0 Å². The molecule has 0 N–H and O–H groups in total. The maximum atomic E-state index is 11.7. The van der Waals surface area contributed by atoms with Gasteiger partial charge >= 0.3 is 0 Å². The largest absolute Gasteiger partial charge is 0.293 e. The molecule has 0 atom stereocenters. The zero-order valence-corrected chi connectivity index (χ0v) is 16.0. The Bertz CT molecular complexity index is 712. The van der Waals surface area contributed by atoms with Crippen LogP contribution in [0.5, 0.6) is 0 Å². The molecule has 2 heteroatoms. The lowest BCUT2D eigenvalue weighted by Gasteiger charge is -2.22. The highest BCUT2D eigenvalue weighted by molar-refractivity contribution is 5.92. The van der Waals surface area contributed by atoms with Gasteiger partial charge < -0.3 is 0 Å². The molecule has 1 aromatic carbocycles. The Hall–Kier alpha value is -1.96. The van der Waals surface area contributed by atoms with Gasteiger partial charge in [-0.15, -0.1) is 0 Å². The number of benzene rings is 1. The first-order valence-electron chi connectivity index (χ1n) is 8.88. The number of carbonyl (C=O) groups is 1. The van der Waals surface area contributed by atoms with Crippen molar-refractivity contribution in [2.45, 2.75) is 66.2 Å². The van der Waals surface area contributed by atoms with Crippen LogP contribution in [-0.4, -0.2) is 10.8 Å². The van der Waals surface area contributed by atoms with E-state index < -0.39 is 0 Å². The highest BCUT2D eigenvalue weighted by Crippen LogP contribution is 2.38. The van der Waals surface area contributed by atoms with E-state index in [1.165, 1.54) is 22.3 Å². The Morgan fingerprint density at radius 1 is 0.875 bits per heavy atom. The SMILES string of the molecule is CC(=O)c1cccc(-c2c(C(C)C)cc(C(C)C)cc2C(C)C)n1. The van der Waals surface area contributed by atoms with Crippen LogP contribution in [0.3, 0.4) is 0 Å². The number of carbonyl (C=O) groups excluding carboxylic acids is 1. The molecule has 0 amide bonds. The zero-order valence-electron chi connectivity index (χ0n) is 16.0. The molecule has 2 aromatic rings. The highest BCUT2D eigenvalue weighted by Gasteiger charge is 2.19. The summed E-state index contributed by atoms with van der Waals surface area (Å²) >= 11 is 0. The summed E-state index contributed by atoms with van der Waals surface area (Å²) in [6.45, 7) is 14.9. The van der Waals surface area contributed by atoms with E-state index in [0.29, 0.717) is 23.4 Å². The van der Waals surface area contributed by atoms with E-state index in [1.54, 1.807) is 13.0 Å².